The smallest absolute Gasteiger partial charge is 0.119 e. The number of hydrogen-bond acceptors (Lipinski definition) is 2. The van der Waals surface area contributed by atoms with Gasteiger partial charge in [0.15, 0.2) is 0 Å². The van der Waals surface area contributed by atoms with Gasteiger partial charge in [0.2, 0.25) is 0 Å². The second-order valence-corrected chi connectivity index (χ2v) is 5.66. The maximum atomic E-state index is 5.73. The van der Waals surface area contributed by atoms with Gasteiger partial charge in [-0.1, -0.05) is 49.6 Å². The number of benzene rings is 2. The van der Waals surface area contributed by atoms with Crippen LogP contribution >= 0.6 is 0 Å². The molecule has 0 unspecified atom stereocenters. The van der Waals surface area contributed by atoms with E-state index >= 15 is 0 Å². The van der Waals surface area contributed by atoms with Gasteiger partial charge in [0, 0.05) is 0 Å². The topological polar surface area (TPSA) is 18.5 Å². The van der Waals surface area contributed by atoms with Crippen molar-refractivity contribution in [3.8, 4) is 11.5 Å². The third-order valence-corrected chi connectivity index (χ3v) is 3.81. The van der Waals surface area contributed by atoms with Crippen LogP contribution in [0.5, 0.6) is 11.5 Å². The van der Waals surface area contributed by atoms with E-state index in [4.69, 9.17) is 9.47 Å². The molecule has 0 spiro atoms. The minimum absolute atomic E-state index is 0.761. The van der Waals surface area contributed by atoms with Crippen LogP contribution in [0.1, 0.15) is 36.8 Å². The summed E-state index contributed by atoms with van der Waals surface area (Å²) in [6.45, 7) is 9.01. The van der Waals surface area contributed by atoms with Crippen molar-refractivity contribution in [2.75, 3.05) is 13.2 Å². The van der Waals surface area contributed by atoms with Crippen LogP contribution in [-0.4, -0.2) is 13.2 Å². The highest BCUT2D eigenvalue weighted by atomic mass is 16.5. The predicted molar refractivity (Wildman–Crippen MR) is 103 cm³/mol. The minimum Gasteiger partial charge on any atom is -0.494 e. The third-order valence-electron chi connectivity index (χ3n) is 3.81. The summed E-state index contributed by atoms with van der Waals surface area (Å²) in [6, 6.07) is 16.0. The van der Waals surface area contributed by atoms with Crippen LogP contribution < -0.4 is 9.47 Å². The van der Waals surface area contributed by atoms with Gasteiger partial charge in [0.1, 0.15) is 11.5 Å². The van der Waals surface area contributed by atoms with Crippen LogP contribution in [0.25, 0.3) is 12.2 Å². The van der Waals surface area contributed by atoms with Gasteiger partial charge in [-0.2, -0.15) is 0 Å². The van der Waals surface area contributed by atoms with Gasteiger partial charge in [0.05, 0.1) is 13.2 Å². The lowest BCUT2D eigenvalue weighted by atomic mass is 10.2. The van der Waals surface area contributed by atoms with Crippen LogP contribution in [0.3, 0.4) is 0 Å². The second kappa shape index (κ2) is 10.3. The van der Waals surface area contributed by atoms with Gasteiger partial charge in [-0.15, -0.1) is 0 Å². The van der Waals surface area contributed by atoms with Crippen LogP contribution in [0.15, 0.2) is 61.7 Å². The standard InChI is InChI=1S/C22H26O2/c1-3-19-9-13-21(14-10-19)23-17-7-5-6-8-18-24-22-15-11-20(4-2)12-16-22/h3-4,9-16H,1-2,5-8,17-18H2. The Morgan fingerprint density at radius 3 is 1.29 bits per heavy atom. The van der Waals surface area contributed by atoms with E-state index in [2.05, 4.69) is 13.2 Å². The summed E-state index contributed by atoms with van der Waals surface area (Å²) >= 11 is 0. The molecule has 2 aromatic rings. The van der Waals surface area contributed by atoms with Crippen LogP contribution in [0.4, 0.5) is 0 Å². The Morgan fingerprint density at radius 1 is 0.583 bits per heavy atom. The maximum absolute atomic E-state index is 5.73. The molecule has 0 bridgehead atoms. The molecule has 2 nitrogen and oxygen atoms in total. The monoisotopic (exact) mass is 322 g/mol. The molecule has 126 valence electrons. The average molecular weight is 322 g/mol. The van der Waals surface area contributed by atoms with Crippen molar-refractivity contribution in [1.29, 1.82) is 0 Å². The fourth-order valence-corrected chi connectivity index (χ4v) is 2.34. The lowest BCUT2D eigenvalue weighted by Crippen LogP contribution is -1.99. The molecule has 0 amide bonds. The molecule has 0 saturated heterocycles. The van der Waals surface area contributed by atoms with Crippen molar-refractivity contribution in [2.45, 2.75) is 25.7 Å². The number of ether oxygens (including phenoxy) is 2. The largest absolute Gasteiger partial charge is 0.494 e. The molecule has 0 heterocycles. The summed E-state index contributed by atoms with van der Waals surface area (Å²) in [4.78, 5) is 0. The van der Waals surface area contributed by atoms with Gasteiger partial charge in [-0.05, 0) is 61.1 Å². The Hall–Kier alpha value is -2.48. The highest BCUT2D eigenvalue weighted by Crippen LogP contribution is 2.15. The number of rotatable bonds is 11. The van der Waals surface area contributed by atoms with Gasteiger partial charge in [0.25, 0.3) is 0 Å². The zero-order valence-electron chi connectivity index (χ0n) is 14.2. The maximum Gasteiger partial charge on any atom is 0.119 e. The highest BCUT2D eigenvalue weighted by molar-refractivity contribution is 5.48. The number of unbranched alkanes of at least 4 members (excludes halogenated alkanes) is 3. The van der Waals surface area contributed by atoms with Gasteiger partial charge >= 0.3 is 0 Å². The molecule has 2 heteroatoms. The fourth-order valence-electron chi connectivity index (χ4n) is 2.34. The molecule has 0 saturated carbocycles. The Balaban J connectivity index is 1.50. The zero-order valence-corrected chi connectivity index (χ0v) is 14.2. The first-order valence-electron chi connectivity index (χ1n) is 8.52. The van der Waals surface area contributed by atoms with Crippen LogP contribution in [-0.2, 0) is 0 Å². The Morgan fingerprint density at radius 2 is 0.958 bits per heavy atom. The van der Waals surface area contributed by atoms with Gasteiger partial charge in [-0.3, -0.25) is 0 Å². The summed E-state index contributed by atoms with van der Waals surface area (Å²) in [5, 5.41) is 0. The fraction of sp³-hybridized carbons (Fsp3) is 0.273. The second-order valence-electron chi connectivity index (χ2n) is 5.66. The van der Waals surface area contributed by atoms with E-state index in [0.29, 0.717) is 0 Å². The highest BCUT2D eigenvalue weighted by Gasteiger charge is 1.96. The summed E-state index contributed by atoms with van der Waals surface area (Å²) < 4.78 is 11.5. The molecule has 24 heavy (non-hydrogen) atoms. The van der Waals surface area contributed by atoms with Crippen molar-refractivity contribution in [2.24, 2.45) is 0 Å². The first-order chi connectivity index (χ1) is 11.8. The molecule has 0 aliphatic rings. The van der Waals surface area contributed by atoms with E-state index in [1.54, 1.807) is 0 Å². The van der Waals surface area contributed by atoms with E-state index in [1.165, 1.54) is 0 Å². The normalized spacial score (nSPS) is 10.2. The molecule has 0 aliphatic carbocycles. The van der Waals surface area contributed by atoms with Crippen LogP contribution in [0.2, 0.25) is 0 Å². The summed E-state index contributed by atoms with van der Waals surface area (Å²) in [7, 11) is 0. The Kier molecular flexibility index (Phi) is 7.69. The van der Waals surface area contributed by atoms with Crippen molar-refractivity contribution >= 4 is 12.2 Å². The zero-order chi connectivity index (χ0) is 17.0. The van der Waals surface area contributed by atoms with Gasteiger partial charge in [-0.25, -0.2) is 0 Å². The lowest BCUT2D eigenvalue weighted by Gasteiger charge is -2.08. The van der Waals surface area contributed by atoms with E-state index in [-0.39, 0.29) is 0 Å². The molecule has 0 atom stereocenters. The van der Waals surface area contributed by atoms with E-state index in [9.17, 15) is 0 Å². The third kappa shape index (κ3) is 6.33. The van der Waals surface area contributed by atoms with Gasteiger partial charge < -0.3 is 9.47 Å². The van der Waals surface area contributed by atoms with Crippen molar-refractivity contribution in [3.63, 3.8) is 0 Å². The first kappa shape index (κ1) is 17.9. The number of hydrogen-bond donors (Lipinski definition) is 0. The van der Waals surface area contributed by atoms with Crippen molar-refractivity contribution in [3.05, 3.63) is 72.8 Å². The SMILES string of the molecule is C=Cc1ccc(OCCCCCCOc2ccc(C=C)cc2)cc1. The summed E-state index contributed by atoms with van der Waals surface area (Å²) in [5.41, 5.74) is 2.22. The van der Waals surface area contributed by atoms with Crippen LogP contribution in [0, 0.1) is 0 Å². The molecule has 0 N–H and O–H groups in total. The molecule has 0 fully saturated rings. The molecule has 2 aromatic carbocycles. The Labute approximate surface area is 145 Å². The molecular formula is C22H26O2. The summed E-state index contributed by atoms with van der Waals surface area (Å²) in [6.07, 6.45) is 8.11. The molecular weight excluding hydrogens is 296 g/mol. The van der Waals surface area contributed by atoms with E-state index < -0.39 is 0 Å². The predicted octanol–water partition coefficient (Wildman–Crippen LogP) is 5.99. The van der Waals surface area contributed by atoms with E-state index in [1.807, 2.05) is 60.7 Å². The molecule has 0 aromatic heterocycles. The summed E-state index contributed by atoms with van der Waals surface area (Å²) in [5.74, 6) is 1.85. The minimum atomic E-state index is 0.761. The average Bonchev–Trinajstić information content (AvgIpc) is 2.65. The van der Waals surface area contributed by atoms with Crippen molar-refractivity contribution in [1.82, 2.24) is 0 Å². The quantitative estimate of drug-likeness (QED) is 0.473. The van der Waals surface area contributed by atoms with E-state index in [0.717, 1.165) is 61.5 Å². The van der Waals surface area contributed by atoms with Crippen molar-refractivity contribution < 1.29 is 9.47 Å². The molecule has 0 aliphatic heterocycles. The molecule has 0 radical (unpaired) electrons. The lowest BCUT2D eigenvalue weighted by molar-refractivity contribution is 0.287. The first-order valence-corrected chi connectivity index (χ1v) is 8.52. The molecule has 2 rings (SSSR count). The Bertz CT molecular complexity index is 554.